The highest BCUT2D eigenvalue weighted by atomic mass is 32.2. The Morgan fingerprint density at radius 1 is 1.00 bits per heavy atom. The van der Waals surface area contributed by atoms with E-state index in [4.69, 9.17) is 13.9 Å². The van der Waals surface area contributed by atoms with Crippen molar-refractivity contribution in [3.63, 3.8) is 0 Å². The van der Waals surface area contributed by atoms with Gasteiger partial charge in [-0.3, -0.25) is 0 Å². The second kappa shape index (κ2) is 7.73. The largest absolute Gasteiger partial charge is 0.497 e. The molecule has 0 unspecified atom stereocenters. The molecule has 0 bridgehead atoms. The van der Waals surface area contributed by atoms with Gasteiger partial charge in [-0.05, 0) is 49.4 Å². The normalized spacial score (nSPS) is 12.0. The lowest BCUT2D eigenvalue weighted by Gasteiger charge is -2.07. The van der Waals surface area contributed by atoms with E-state index in [0.29, 0.717) is 22.5 Å². The minimum atomic E-state index is -3.89. The third-order valence-electron chi connectivity index (χ3n) is 4.04. The smallest absolute Gasteiger partial charge is 0.345 e. The topological polar surface area (TPSA) is 107 Å². The maximum atomic E-state index is 12.4. The van der Waals surface area contributed by atoms with Crippen molar-refractivity contribution in [3.05, 3.63) is 64.5 Å². The third-order valence-corrected chi connectivity index (χ3v) is 5.26. The predicted octanol–water partition coefficient (Wildman–Crippen LogP) is 2.51. The van der Waals surface area contributed by atoms with Gasteiger partial charge in [0.25, 0.3) is 10.0 Å². The molecule has 1 N–H and O–H groups in total. The van der Waals surface area contributed by atoms with E-state index >= 15 is 0 Å². The first-order valence-corrected chi connectivity index (χ1v) is 9.65. The van der Waals surface area contributed by atoms with Gasteiger partial charge in [0.05, 0.1) is 30.4 Å². The number of ether oxygens (including phenoxy) is 2. The van der Waals surface area contributed by atoms with Crippen molar-refractivity contribution in [1.82, 2.24) is 4.83 Å². The Bertz CT molecular complexity index is 1200. The van der Waals surface area contributed by atoms with Gasteiger partial charge in [0, 0.05) is 11.5 Å². The van der Waals surface area contributed by atoms with E-state index in [1.165, 1.54) is 45.4 Å². The van der Waals surface area contributed by atoms with E-state index < -0.39 is 15.6 Å². The fourth-order valence-electron chi connectivity index (χ4n) is 2.47. The van der Waals surface area contributed by atoms with Crippen LogP contribution >= 0.6 is 0 Å². The van der Waals surface area contributed by atoms with Crippen LogP contribution in [0, 0.1) is 0 Å². The molecule has 0 radical (unpaired) electrons. The van der Waals surface area contributed by atoms with Crippen molar-refractivity contribution in [3.8, 4) is 11.5 Å². The van der Waals surface area contributed by atoms with Gasteiger partial charge in [-0.25, -0.2) is 4.79 Å². The lowest BCUT2D eigenvalue weighted by Crippen LogP contribution is -2.21. The molecule has 0 atom stereocenters. The molecule has 1 aromatic heterocycles. The molecule has 0 amide bonds. The lowest BCUT2D eigenvalue weighted by atomic mass is 10.1. The monoisotopic (exact) mass is 402 g/mol. The van der Waals surface area contributed by atoms with Gasteiger partial charge >= 0.3 is 5.63 Å². The SMILES string of the molecule is COc1ccc(S(=O)(=O)N/N=C(\C)c2cc3ccc(OC)cc3oc2=O)cc1. The molecule has 9 heteroatoms. The number of fused-ring (bicyclic) bond motifs is 1. The summed E-state index contributed by atoms with van der Waals surface area (Å²) in [5.74, 6) is 1.09. The van der Waals surface area contributed by atoms with Gasteiger partial charge in [0.2, 0.25) is 0 Å². The van der Waals surface area contributed by atoms with E-state index in [1.807, 2.05) is 0 Å². The minimum Gasteiger partial charge on any atom is -0.497 e. The number of benzene rings is 2. The highest BCUT2D eigenvalue weighted by Crippen LogP contribution is 2.20. The quantitative estimate of drug-likeness (QED) is 0.386. The molecule has 0 fully saturated rings. The Balaban J connectivity index is 1.90. The van der Waals surface area contributed by atoms with Gasteiger partial charge in [-0.2, -0.15) is 18.4 Å². The van der Waals surface area contributed by atoms with Crippen LogP contribution in [-0.2, 0) is 10.0 Å². The molecule has 0 saturated carbocycles. The van der Waals surface area contributed by atoms with Crippen LogP contribution in [0.15, 0.2) is 67.7 Å². The molecule has 0 saturated heterocycles. The maximum absolute atomic E-state index is 12.4. The summed E-state index contributed by atoms with van der Waals surface area (Å²) in [6.07, 6.45) is 0. The molecule has 8 nitrogen and oxygen atoms in total. The molecular formula is C19H18N2O6S. The summed E-state index contributed by atoms with van der Waals surface area (Å²) in [5.41, 5.74) is 0.0454. The molecular weight excluding hydrogens is 384 g/mol. The van der Waals surface area contributed by atoms with Crippen molar-refractivity contribution in [2.24, 2.45) is 5.10 Å². The summed E-state index contributed by atoms with van der Waals surface area (Å²) in [6.45, 7) is 1.51. The van der Waals surface area contributed by atoms with E-state index in [9.17, 15) is 13.2 Å². The van der Waals surface area contributed by atoms with Crippen molar-refractivity contribution < 1.29 is 22.3 Å². The molecule has 146 valence electrons. The first kappa shape index (κ1) is 19.4. The first-order valence-electron chi connectivity index (χ1n) is 8.16. The highest BCUT2D eigenvalue weighted by Gasteiger charge is 2.15. The van der Waals surface area contributed by atoms with Gasteiger partial charge in [0.1, 0.15) is 17.1 Å². The van der Waals surface area contributed by atoms with E-state index in [2.05, 4.69) is 9.93 Å². The van der Waals surface area contributed by atoms with Crippen LogP contribution in [0.25, 0.3) is 11.0 Å². The second-order valence-corrected chi connectivity index (χ2v) is 7.48. The number of methoxy groups -OCH3 is 2. The number of hydrazone groups is 1. The fourth-order valence-corrected chi connectivity index (χ4v) is 3.32. The molecule has 3 aromatic rings. The predicted molar refractivity (Wildman–Crippen MR) is 105 cm³/mol. The number of hydrogen-bond acceptors (Lipinski definition) is 7. The van der Waals surface area contributed by atoms with Crippen LogP contribution < -0.4 is 19.9 Å². The van der Waals surface area contributed by atoms with Gasteiger partial charge < -0.3 is 13.9 Å². The van der Waals surface area contributed by atoms with Crippen LogP contribution in [0.5, 0.6) is 11.5 Å². The molecule has 0 spiro atoms. The summed E-state index contributed by atoms with van der Waals surface area (Å²) in [6, 6.07) is 12.5. The van der Waals surface area contributed by atoms with Crippen molar-refractivity contribution >= 4 is 26.7 Å². The van der Waals surface area contributed by atoms with E-state index in [1.54, 1.807) is 24.3 Å². The number of nitrogens with one attached hydrogen (secondary N) is 1. The molecule has 28 heavy (non-hydrogen) atoms. The van der Waals surface area contributed by atoms with Crippen LogP contribution in [0.4, 0.5) is 0 Å². The summed E-state index contributed by atoms with van der Waals surface area (Å²) in [4.78, 5) is 14.4. The molecule has 2 aromatic carbocycles. The number of hydrogen-bond donors (Lipinski definition) is 1. The van der Waals surface area contributed by atoms with Crippen molar-refractivity contribution in [2.75, 3.05) is 14.2 Å². The maximum Gasteiger partial charge on any atom is 0.345 e. The molecule has 3 rings (SSSR count). The Kier molecular flexibility index (Phi) is 5.36. The molecule has 0 aliphatic rings. The first-order chi connectivity index (χ1) is 13.3. The second-order valence-electron chi connectivity index (χ2n) is 5.82. The highest BCUT2D eigenvalue weighted by molar-refractivity contribution is 7.89. The van der Waals surface area contributed by atoms with Gasteiger partial charge in [-0.1, -0.05) is 0 Å². The summed E-state index contributed by atoms with van der Waals surface area (Å²) < 4.78 is 40.1. The summed E-state index contributed by atoms with van der Waals surface area (Å²) in [7, 11) is -0.895. The zero-order chi connectivity index (χ0) is 20.3. The third kappa shape index (κ3) is 3.99. The number of rotatable bonds is 6. The van der Waals surface area contributed by atoms with Crippen LogP contribution in [-0.4, -0.2) is 28.3 Å². The average Bonchev–Trinajstić information content (AvgIpc) is 2.71. The van der Waals surface area contributed by atoms with Crippen LogP contribution in [0.1, 0.15) is 12.5 Å². The van der Waals surface area contributed by atoms with Crippen molar-refractivity contribution in [2.45, 2.75) is 11.8 Å². The Morgan fingerprint density at radius 3 is 2.29 bits per heavy atom. The Hall–Kier alpha value is -3.33. The standard InChI is InChI=1S/C19H18N2O6S/c1-12(20-21-28(23,24)16-8-6-14(25-2)7-9-16)17-10-13-4-5-15(26-3)11-18(13)27-19(17)22/h4-11,21H,1-3H3/b20-12+. The zero-order valence-electron chi connectivity index (χ0n) is 15.4. The fraction of sp³-hybridized carbons (Fsp3) is 0.158. The van der Waals surface area contributed by atoms with Crippen molar-refractivity contribution in [1.29, 1.82) is 0 Å². The molecule has 0 aliphatic carbocycles. The molecule has 0 aliphatic heterocycles. The Labute approximate surface area is 161 Å². The van der Waals surface area contributed by atoms with Gasteiger partial charge in [0.15, 0.2) is 0 Å². The van der Waals surface area contributed by atoms with Crippen LogP contribution in [0.3, 0.4) is 0 Å². The lowest BCUT2D eigenvalue weighted by molar-refractivity contribution is 0.414. The van der Waals surface area contributed by atoms with E-state index in [0.717, 1.165) is 0 Å². The minimum absolute atomic E-state index is 0.0162. The average molecular weight is 402 g/mol. The van der Waals surface area contributed by atoms with E-state index in [-0.39, 0.29) is 16.2 Å². The van der Waals surface area contributed by atoms with Crippen LogP contribution in [0.2, 0.25) is 0 Å². The molecule has 1 heterocycles. The van der Waals surface area contributed by atoms with Gasteiger partial charge in [-0.15, -0.1) is 0 Å². The number of sulfonamides is 1. The zero-order valence-corrected chi connectivity index (χ0v) is 16.2. The Morgan fingerprint density at radius 2 is 1.64 bits per heavy atom. The summed E-state index contributed by atoms with van der Waals surface area (Å²) in [5, 5.41) is 4.50. The summed E-state index contributed by atoms with van der Waals surface area (Å²) >= 11 is 0. The number of nitrogens with zero attached hydrogens (tertiary/aromatic N) is 1.